The van der Waals surface area contributed by atoms with E-state index in [9.17, 15) is 4.79 Å². The molecule has 0 bridgehead atoms. The minimum absolute atomic E-state index is 0.197. The lowest BCUT2D eigenvalue weighted by atomic mass is 10.1. The summed E-state index contributed by atoms with van der Waals surface area (Å²) in [7, 11) is 0. The van der Waals surface area contributed by atoms with Gasteiger partial charge >= 0.3 is 0 Å². The van der Waals surface area contributed by atoms with Crippen molar-refractivity contribution in [1.29, 1.82) is 0 Å². The molecular formula is C18H21NO3. The first-order valence-electron chi connectivity index (χ1n) is 7.41. The predicted octanol–water partition coefficient (Wildman–Crippen LogP) is 4.04. The number of anilines is 1. The molecule has 4 nitrogen and oxygen atoms in total. The van der Waals surface area contributed by atoms with E-state index in [1.165, 1.54) is 0 Å². The highest BCUT2D eigenvalue weighted by Crippen LogP contribution is 2.26. The van der Waals surface area contributed by atoms with Crippen molar-refractivity contribution >= 4 is 11.6 Å². The zero-order chi connectivity index (χ0) is 15.9. The first-order valence-corrected chi connectivity index (χ1v) is 7.41. The third kappa shape index (κ3) is 4.01. The summed E-state index contributed by atoms with van der Waals surface area (Å²) in [4.78, 5) is 12.5. The van der Waals surface area contributed by atoms with Gasteiger partial charge in [0, 0.05) is 11.8 Å². The lowest BCUT2D eigenvalue weighted by Gasteiger charge is -2.13. The molecule has 0 heterocycles. The summed E-state index contributed by atoms with van der Waals surface area (Å²) in [5.74, 6) is 1.02. The average molecular weight is 299 g/mol. The molecule has 0 radical (unpaired) electrons. The van der Waals surface area contributed by atoms with Crippen molar-refractivity contribution in [1.82, 2.24) is 0 Å². The SMILES string of the molecule is CCOc1ccc(C(=O)Nc2cccc(C)c2)c(OCC)c1. The summed E-state index contributed by atoms with van der Waals surface area (Å²) >= 11 is 0. The molecule has 1 N–H and O–H groups in total. The van der Waals surface area contributed by atoms with Crippen LogP contribution in [0.15, 0.2) is 42.5 Å². The number of benzene rings is 2. The summed E-state index contributed by atoms with van der Waals surface area (Å²) in [5, 5.41) is 2.89. The van der Waals surface area contributed by atoms with Gasteiger partial charge < -0.3 is 14.8 Å². The molecule has 0 saturated heterocycles. The highest BCUT2D eigenvalue weighted by molar-refractivity contribution is 6.06. The lowest BCUT2D eigenvalue weighted by molar-refractivity contribution is 0.102. The third-order valence-electron chi connectivity index (χ3n) is 3.08. The summed E-state index contributed by atoms with van der Waals surface area (Å²) in [6.07, 6.45) is 0. The molecule has 0 saturated carbocycles. The number of nitrogens with one attached hydrogen (secondary N) is 1. The van der Waals surface area contributed by atoms with Crippen molar-refractivity contribution in [3.05, 3.63) is 53.6 Å². The fraction of sp³-hybridized carbons (Fsp3) is 0.278. The Bertz CT molecular complexity index is 653. The first-order chi connectivity index (χ1) is 10.6. The van der Waals surface area contributed by atoms with Crippen LogP contribution in [-0.4, -0.2) is 19.1 Å². The van der Waals surface area contributed by atoms with Crippen LogP contribution in [-0.2, 0) is 0 Å². The molecule has 0 aliphatic heterocycles. The number of amides is 1. The maximum atomic E-state index is 12.5. The summed E-state index contributed by atoms with van der Waals surface area (Å²) in [6.45, 7) is 6.84. The van der Waals surface area contributed by atoms with Gasteiger partial charge in [0.15, 0.2) is 0 Å². The molecule has 0 unspecified atom stereocenters. The highest BCUT2D eigenvalue weighted by atomic mass is 16.5. The molecule has 0 atom stereocenters. The van der Waals surface area contributed by atoms with Gasteiger partial charge in [0.25, 0.3) is 5.91 Å². The van der Waals surface area contributed by atoms with Crippen molar-refractivity contribution in [3.8, 4) is 11.5 Å². The Morgan fingerprint density at radius 3 is 2.50 bits per heavy atom. The van der Waals surface area contributed by atoms with Gasteiger partial charge in [-0.2, -0.15) is 0 Å². The Balaban J connectivity index is 2.24. The zero-order valence-corrected chi connectivity index (χ0v) is 13.2. The smallest absolute Gasteiger partial charge is 0.259 e. The zero-order valence-electron chi connectivity index (χ0n) is 13.2. The molecule has 0 aliphatic carbocycles. The molecule has 2 aromatic carbocycles. The molecule has 1 amide bonds. The lowest BCUT2D eigenvalue weighted by Crippen LogP contribution is -2.14. The first kappa shape index (κ1) is 15.9. The molecule has 22 heavy (non-hydrogen) atoms. The van der Waals surface area contributed by atoms with Crippen LogP contribution < -0.4 is 14.8 Å². The second-order valence-electron chi connectivity index (χ2n) is 4.85. The Morgan fingerprint density at radius 2 is 1.82 bits per heavy atom. The van der Waals surface area contributed by atoms with Crippen LogP contribution in [0.2, 0.25) is 0 Å². The van der Waals surface area contributed by atoms with E-state index in [4.69, 9.17) is 9.47 Å². The number of carbonyl (C=O) groups excluding carboxylic acids is 1. The molecule has 2 aromatic rings. The van der Waals surface area contributed by atoms with Gasteiger partial charge in [-0.3, -0.25) is 4.79 Å². The van der Waals surface area contributed by atoms with Crippen molar-refractivity contribution < 1.29 is 14.3 Å². The number of ether oxygens (including phenoxy) is 2. The second kappa shape index (κ2) is 7.50. The molecular weight excluding hydrogens is 278 g/mol. The van der Waals surface area contributed by atoms with E-state index in [-0.39, 0.29) is 5.91 Å². The van der Waals surface area contributed by atoms with Crippen molar-refractivity contribution in [2.45, 2.75) is 20.8 Å². The number of aryl methyl sites for hydroxylation is 1. The number of carbonyl (C=O) groups is 1. The number of rotatable bonds is 6. The van der Waals surface area contributed by atoms with Crippen LogP contribution in [0.5, 0.6) is 11.5 Å². The summed E-state index contributed by atoms with van der Waals surface area (Å²) in [5.41, 5.74) is 2.35. The minimum Gasteiger partial charge on any atom is -0.494 e. The van der Waals surface area contributed by atoms with Crippen LogP contribution in [0.25, 0.3) is 0 Å². The van der Waals surface area contributed by atoms with E-state index in [1.807, 2.05) is 45.0 Å². The van der Waals surface area contributed by atoms with Gasteiger partial charge in [-0.15, -0.1) is 0 Å². The van der Waals surface area contributed by atoms with Crippen molar-refractivity contribution in [2.75, 3.05) is 18.5 Å². The largest absolute Gasteiger partial charge is 0.494 e. The van der Waals surface area contributed by atoms with Gasteiger partial charge in [-0.25, -0.2) is 0 Å². The quantitative estimate of drug-likeness (QED) is 0.875. The van der Waals surface area contributed by atoms with Crippen LogP contribution >= 0.6 is 0 Å². The van der Waals surface area contributed by atoms with E-state index in [0.717, 1.165) is 11.3 Å². The summed E-state index contributed by atoms with van der Waals surface area (Å²) < 4.78 is 11.0. The van der Waals surface area contributed by atoms with Gasteiger partial charge in [0.1, 0.15) is 11.5 Å². The topological polar surface area (TPSA) is 47.6 Å². The van der Waals surface area contributed by atoms with Gasteiger partial charge in [-0.1, -0.05) is 12.1 Å². The number of hydrogen-bond acceptors (Lipinski definition) is 3. The Kier molecular flexibility index (Phi) is 5.42. The molecule has 0 aromatic heterocycles. The molecule has 0 fully saturated rings. The van der Waals surface area contributed by atoms with Gasteiger partial charge in [-0.05, 0) is 50.6 Å². The average Bonchev–Trinajstić information content (AvgIpc) is 2.48. The standard InChI is InChI=1S/C18H21NO3/c1-4-21-15-9-10-16(17(12-15)22-5-2)18(20)19-14-8-6-7-13(3)11-14/h6-12H,4-5H2,1-3H3,(H,19,20). The highest BCUT2D eigenvalue weighted by Gasteiger charge is 2.14. The van der Waals surface area contributed by atoms with Crippen LogP contribution in [0, 0.1) is 6.92 Å². The maximum absolute atomic E-state index is 12.5. The molecule has 0 spiro atoms. The summed E-state index contributed by atoms with van der Waals surface area (Å²) in [6, 6.07) is 12.9. The molecule has 2 rings (SSSR count). The van der Waals surface area contributed by atoms with Crippen LogP contribution in [0.4, 0.5) is 5.69 Å². The molecule has 4 heteroatoms. The van der Waals surface area contributed by atoms with E-state index >= 15 is 0 Å². The van der Waals surface area contributed by atoms with E-state index < -0.39 is 0 Å². The van der Waals surface area contributed by atoms with Gasteiger partial charge in [0.05, 0.1) is 18.8 Å². The molecule has 0 aliphatic rings. The van der Waals surface area contributed by atoms with Crippen LogP contribution in [0.3, 0.4) is 0 Å². The van der Waals surface area contributed by atoms with Crippen molar-refractivity contribution in [2.24, 2.45) is 0 Å². The van der Waals surface area contributed by atoms with E-state index in [1.54, 1.807) is 18.2 Å². The van der Waals surface area contributed by atoms with Gasteiger partial charge in [0.2, 0.25) is 0 Å². The minimum atomic E-state index is -0.197. The third-order valence-corrected chi connectivity index (χ3v) is 3.08. The Morgan fingerprint density at radius 1 is 1.05 bits per heavy atom. The fourth-order valence-corrected chi connectivity index (χ4v) is 2.14. The Labute approximate surface area is 131 Å². The van der Waals surface area contributed by atoms with E-state index in [2.05, 4.69) is 5.32 Å². The predicted molar refractivity (Wildman–Crippen MR) is 87.9 cm³/mol. The van der Waals surface area contributed by atoms with Crippen LogP contribution in [0.1, 0.15) is 29.8 Å². The number of hydrogen-bond donors (Lipinski definition) is 1. The van der Waals surface area contributed by atoms with E-state index in [0.29, 0.717) is 30.3 Å². The van der Waals surface area contributed by atoms with Crippen molar-refractivity contribution in [3.63, 3.8) is 0 Å². The molecule has 116 valence electrons. The normalized spacial score (nSPS) is 10.1. The monoisotopic (exact) mass is 299 g/mol. The second-order valence-corrected chi connectivity index (χ2v) is 4.85. The Hall–Kier alpha value is -2.49. The fourth-order valence-electron chi connectivity index (χ4n) is 2.14. The maximum Gasteiger partial charge on any atom is 0.259 e.